The van der Waals surface area contributed by atoms with E-state index in [-0.39, 0.29) is 30.3 Å². The van der Waals surface area contributed by atoms with E-state index in [9.17, 15) is 0 Å². The molecule has 4 radical (unpaired) electrons. The lowest BCUT2D eigenvalue weighted by atomic mass is 10.8. The highest BCUT2D eigenvalue weighted by Gasteiger charge is -0.409. The number of rotatable bonds is 0. The molecule has 5 heteroatoms. The lowest BCUT2D eigenvalue weighted by molar-refractivity contribution is 0.823. The van der Waals surface area contributed by atoms with Crippen LogP contribution in [0.15, 0.2) is 0 Å². The van der Waals surface area contributed by atoms with Crippen LogP contribution in [0.1, 0.15) is 0 Å². The highest BCUT2D eigenvalue weighted by atomic mass is 16.0. The summed E-state index contributed by atoms with van der Waals surface area (Å²) in [7, 11) is 0. The normalized spacial score (nSPS) is 0. The maximum atomic E-state index is 0. The van der Waals surface area contributed by atoms with Crippen LogP contribution < -0.4 is 0 Å². The monoisotopic (exact) mass is 83.1 g/mol. The number of hydrogen-bond acceptors (Lipinski definition) is 0. The van der Waals surface area contributed by atoms with Crippen LogP contribution in [0.4, 0.5) is 0 Å². The average Bonchev–Trinajstić information content (AvgIpc) is 0. The first-order chi connectivity index (χ1) is 0. The molecule has 5 heavy (non-hydrogen) atoms. The molecule has 0 bridgehead atoms. The van der Waals surface area contributed by atoms with Gasteiger partial charge in [-0.05, 0) is 0 Å². The van der Waals surface area contributed by atoms with Crippen molar-refractivity contribution in [3.63, 3.8) is 0 Å². The van der Waals surface area contributed by atoms with Crippen LogP contribution in [-0.4, -0.2) is 30.3 Å². The van der Waals surface area contributed by atoms with Gasteiger partial charge >= 0.3 is 0 Å². The average molecular weight is 82.9 g/mol. The fourth-order valence-corrected chi connectivity index (χ4v) is 0. The summed E-state index contributed by atoms with van der Waals surface area (Å²) in [5.74, 6) is 0. The Morgan fingerprint density at radius 3 is 0.400 bits per heavy atom. The maximum absolute atomic E-state index is 0. The zero-order valence-electron chi connectivity index (χ0n) is 2.58. The van der Waals surface area contributed by atoms with Gasteiger partial charge in [-0.2, -0.15) is 0 Å². The molecule has 0 atom stereocenters. The van der Waals surface area contributed by atoms with E-state index in [1.807, 2.05) is 0 Å². The molecule has 8 N–H and O–H groups in total. The van der Waals surface area contributed by atoms with Gasteiger partial charge in [-0.1, -0.05) is 0 Å². The Bertz CT molecular complexity index is 3.61. The van der Waals surface area contributed by atoms with E-state index in [1.54, 1.807) is 0 Å². The third kappa shape index (κ3) is 1570. The Hall–Kier alpha value is -0.0951. The fraction of sp³-hybridized carbons (Fsp3) is 0. The Balaban J connectivity index is 0. The van der Waals surface area contributed by atoms with E-state index in [0.717, 1.165) is 0 Å². The molecule has 0 rings (SSSR count). The molecule has 0 aromatic heterocycles. The summed E-state index contributed by atoms with van der Waals surface area (Å²) < 4.78 is 0. The zero-order chi connectivity index (χ0) is 0. The van der Waals surface area contributed by atoms with E-state index < -0.39 is 0 Å². The molecule has 0 aliphatic carbocycles. The van der Waals surface area contributed by atoms with Crippen molar-refractivity contribution in [2.45, 2.75) is 0 Å². The van der Waals surface area contributed by atoms with E-state index in [0.29, 0.717) is 0 Å². The van der Waals surface area contributed by atoms with Gasteiger partial charge in [0.05, 0.1) is 0 Å². The van der Waals surface area contributed by atoms with Crippen molar-refractivity contribution in [2.75, 3.05) is 0 Å². The van der Waals surface area contributed by atoms with Crippen molar-refractivity contribution in [1.82, 2.24) is 0 Å². The summed E-state index contributed by atoms with van der Waals surface area (Å²) in [6.45, 7) is 0. The van der Waals surface area contributed by atoms with Crippen LogP contribution in [0.2, 0.25) is 0 Å². The van der Waals surface area contributed by atoms with Crippen LogP contribution in [0.3, 0.4) is 0 Å². The van der Waals surface area contributed by atoms with E-state index in [4.69, 9.17) is 0 Å². The van der Waals surface area contributed by atoms with Gasteiger partial charge in [0, 0.05) is 0 Å². The second-order valence-electron chi connectivity index (χ2n) is 0. The standard InChI is InChI=1S/B.4H2O/h;4*1H2/q-1;;;;. The summed E-state index contributed by atoms with van der Waals surface area (Å²) >= 11 is 0. The van der Waals surface area contributed by atoms with Crippen LogP contribution in [-0.2, 0) is 0 Å². The fourth-order valence-electron chi connectivity index (χ4n) is 0. The van der Waals surface area contributed by atoms with Crippen LogP contribution >= 0.6 is 0 Å². The molecular weight excluding hydrogens is 74.8 g/mol. The molecule has 0 heterocycles. The van der Waals surface area contributed by atoms with E-state index in [2.05, 4.69) is 0 Å². The van der Waals surface area contributed by atoms with Crippen LogP contribution in [0.5, 0.6) is 0 Å². The third-order valence-corrected chi connectivity index (χ3v) is 0. The Kier molecular flexibility index (Phi) is 6040000. The summed E-state index contributed by atoms with van der Waals surface area (Å²) in [6.07, 6.45) is 0. The third-order valence-electron chi connectivity index (χ3n) is 0. The molecule has 0 fully saturated rings. The SMILES string of the molecule is O.O.O.O.[B-]. The van der Waals surface area contributed by atoms with Gasteiger partial charge in [0.2, 0.25) is 0 Å². The molecule has 0 amide bonds. The van der Waals surface area contributed by atoms with Crippen molar-refractivity contribution in [3.8, 4) is 0 Å². The first-order valence-corrected chi connectivity index (χ1v) is 0. The lowest BCUT2D eigenvalue weighted by Gasteiger charge is -1.00. The molecule has 0 saturated heterocycles. The topological polar surface area (TPSA) is 126 Å². The van der Waals surface area contributed by atoms with Gasteiger partial charge in [-0.25, -0.2) is 0 Å². The summed E-state index contributed by atoms with van der Waals surface area (Å²) in [4.78, 5) is 0. The smallest absolute Gasteiger partial charge is 0.412 e. The number of hydrogen-bond donors (Lipinski definition) is 0. The minimum absolute atomic E-state index is 0. The molecule has 0 aromatic carbocycles. The van der Waals surface area contributed by atoms with E-state index >= 15 is 0 Å². The van der Waals surface area contributed by atoms with Gasteiger partial charge in [0.25, 0.3) is 0 Å². The minimum Gasteiger partial charge on any atom is -1.00 e. The van der Waals surface area contributed by atoms with Gasteiger partial charge in [-0.3, -0.25) is 0 Å². The molecule has 0 aliphatic heterocycles. The Morgan fingerprint density at radius 1 is 0.400 bits per heavy atom. The van der Waals surface area contributed by atoms with Crippen LogP contribution in [0.25, 0.3) is 0 Å². The predicted molar refractivity (Wildman–Crippen MR) is 20.2 cm³/mol. The largest absolute Gasteiger partial charge is 1.00 e. The second kappa shape index (κ2) is 3650. The first-order valence-electron chi connectivity index (χ1n) is 0. The quantitative estimate of drug-likeness (QED) is 0.267. The second-order valence-corrected chi connectivity index (χ2v) is 0. The minimum atomic E-state index is 0. The first kappa shape index (κ1) is 8280. The maximum Gasteiger partial charge on any atom is -0.412 e. The molecule has 4 nitrogen and oxygen atoms in total. The summed E-state index contributed by atoms with van der Waals surface area (Å²) in [6, 6.07) is 0. The van der Waals surface area contributed by atoms with Crippen molar-refractivity contribution in [1.29, 1.82) is 0 Å². The highest BCUT2D eigenvalue weighted by molar-refractivity contribution is 5.75. The molecule has 0 aromatic rings. The van der Waals surface area contributed by atoms with Gasteiger partial charge < -0.3 is 30.3 Å². The summed E-state index contributed by atoms with van der Waals surface area (Å²) in [5, 5.41) is 0. The van der Waals surface area contributed by atoms with E-state index in [1.165, 1.54) is 0 Å². The predicted octanol–water partition coefficient (Wildman–Crippen LogP) is -3.68. The van der Waals surface area contributed by atoms with Crippen molar-refractivity contribution in [2.24, 2.45) is 0 Å². The van der Waals surface area contributed by atoms with Crippen LogP contribution in [0, 0.1) is 0 Å². The van der Waals surface area contributed by atoms with Crippen molar-refractivity contribution in [3.05, 3.63) is 0 Å². The Morgan fingerprint density at radius 2 is 0.400 bits per heavy atom. The molecule has 0 saturated carbocycles. The molecular formula is H8BO4-. The van der Waals surface area contributed by atoms with Gasteiger partial charge in [0.1, 0.15) is 0 Å². The lowest BCUT2D eigenvalue weighted by Crippen LogP contribution is -0.381. The molecule has 36 valence electrons. The Labute approximate surface area is 31.6 Å². The summed E-state index contributed by atoms with van der Waals surface area (Å²) in [5.41, 5.74) is 0. The van der Waals surface area contributed by atoms with Gasteiger partial charge in [-0.15, -0.1) is 0 Å². The van der Waals surface area contributed by atoms with Gasteiger partial charge in [0.15, 0.2) is 0 Å². The van der Waals surface area contributed by atoms with Crippen molar-refractivity contribution < 1.29 is 21.9 Å². The molecule has 0 unspecified atom stereocenters. The molecule has 0 spiro atoms. The molecule has 0 aliphatic rings. The van der Waals surface area contributed by atoms with Crippen molar-refractivity contribution >= 4 is 8.41 Å². The highest BCUT2D eigenvalue weighted by Crippen LogP contribution is -0.286. The zero-order valence-corrected chi connectivity index (χ0v) is 2.58.